The molecule has 0 bridgehead atoms. The third kappa shape index (κ3) is 1.73. The lowest BCUT2D eigenvalue weighted by Gasteiger charge is -2.24. The second kappa shape index (κ2) is 2.84. The minimum absolute atomic E-state index is 0.0527. The molecule has 0 unspecified atom stereocenters. The molecule has 0 N–H and O–H groups in total. The molecule has 2 rings (SSSR count). The Morgan fingerprint density at radius 3 is 2.45 bits per heavy atom. The maximum absolute atomic E-state index is 11.0. The van der Waals surface area contributed by atoms with E-state index in [0.29, 0.717) is 12.5 Å². The van der Waals surface area contributed by atoms with Gasteiger partial charge in [0.25, 0.3) is 0 Å². The Hall–Kier alpha value is -0.530. The predicted molar refractivity (Wildman–Crippen MR) is 41.0 cm³/mol. The monoisotopic (exact) mass is 154 g/mol. The first kappa shape index (κ1) is 7.14. The van der Waals surface area contributed by atoms with Gasteiger partial charge in [0.15, 0.2) is 0 Å². The number of hydrogen-bond donors (Lipinski definition) is 0. The molecule has 0 aromatic rings. The molecule has 0 aromatic carbocycles. The smallest absolute Gasteiger partial charge is 0.308 e. The van der Waals surface area contributed by atoms with Gasteiger partial charge in [0.1, 0.15) is 0 Å². The van der Waals surface area contributed by atoms with Crippen molar-refractivity contribution in [3.8, 4) is 0 Å². The van der Waals surface area contributed by atoms with E-state index in [1.54, 1.807) is 0 Å². The Labute approximate surface area is 66.9 Å². The van der Waals surface area contributed by atoms with E-state index in [4.69, 9.17) is 4.74 Å². The summed E-state index contributed by atoms with van der Waals surface area (Å²) in [5.74, 6) is 1.02. The van der Waals surface area contributed by atoms with Crippen molar-refractivity contribution in [2.45, 2.75) is 32.1 Å². The van der Waals surface area contributed by atoms with Crippen molar-refractivity contribution in [3.05, 3.63) is 0 Å². The molecule has 2 saturated carbocycles. The van der Waals surface area contributed by atoms with Crippen LogP contribution in [0.2, 0.25) is 0 Å². The fraction of sp³-hybridized carbons (Fsp3) is 0.889. The lowest BCUT2D eigenvalue weighted by Crippen LogP contribution is -2.20. The van der Waals surface area contributed by atoms with Gasteiger partial charge in [-0.3, -0.25) is 4.79 Å². The van der Waals surface area contributed by atoms with Crippen LogP contribution in [0.25, 0.3) is 0 Å². The molecule has 2 nitrogen and oxygen atoms in total. The summed E-state index contributed by atoms with van der Waals surface area (Å²) in [7, 11) is 0. The first-order valence-corrected chi connectivity index (χ1v) is 4.53. The molecule has 0 heterocycles. The highest BCUT2D eigenvalue weighted by Crippen LogP contribution is 2.31. The van der Waals surface area contributed by atoms with Crippen LogP contribution in [0.4, 0.5) is 0 Å². The second-order valence-corrected chi connectivity index (χ2v) is 3.70. The maximum Gasteiger partial charge on any atom is 0.308 e. The quantitative estimate of drug-likeness (QED) is 0.579. The maximum atomic E-state index is 11.0. The van der Waals surface area contributed by atoms with E-state index in [2.05, 4.69) is 0 Å². The fourth-order valence-corrected chi connectivity index (χ4v) is 1.30. The van der Waals surface area contributed by atoms with Crippen molar-refractivity contribution >= 4 is 5.97 Å². The molecule has 0 aliphatic heterocycles. The van der Waals surface area contributed by atoms with Crippen molar-refractivity contribution in [1.82, 2.24) is 0 Å². The highest BCUT2D eigenvalue weighted by molar-refractivity contribution is 5.74. The molecule has 2 fully saturated rings. The van der Waals surface area contributed by atoms with Gasteiger partial charge in [-0.15, -0.1) is 0 Å². The van der Waals surface area contributed by atoms with Crippen molar-refractivity contribution in [1.29, 1.82) is 0 Å². The molecule has 0 spiro atoms. The zero-order chi connectivity index (χ0) is 7.68. The molecule has 0 saturated heterocycles. The zero-order valence-corrected chi connectivity index (χ0v) is 6.71. The molecule has 0 amide bonds. The number of carbonyl (C=O) groups is 1. The average Bonchev–Trinajstić information content (AvgIpc) is 2.64. The van der Waals surface area contributed by atoms with Crippen LogP contribution in [0.5, 0.6) is 0 Å². The van der Waals surface area contributed by atoms with E-state index >= 15 is 0 Å². The molecule has 0 atom stereocenters. The number of ether oxygens (including phenoxy) is 1. The summed E-state index contributed by atoms with van der Waals surface area (Å²) in [6, 6.07) is 0. The SMILES string of the molecule is O=C(OCC1CCC1)C1CC1. The van der Waals surface area contributed by atoms with Gasteiger partial charge in [-0.05, 0) is 31.6 Å². The van der Waals surface area contributed by atoms with Gasteiger partial charge in [0, 0.05) is 0 Å². The van der Waals surface area contributed by atoms with Crippen molar-refractivity contribution in [2.75, 3.05) is 6.61 Å². The van der Waals surface area contributed by atoms with E-state index < -0.39 is 0 Å². The first-order chi connectivity index (χ1) is 5.36. The number of rotatable bonds is 3. The third-order valence-corrected chi connectivity index (χ3v) is 2.60. The van der Waals surface area contributed by atoms with Crippen LogP contribution in [0.3, 0.4) is 0 Å². The van der Waals surface area contributed by atoms with Gasteiger partial charge in [-0.1, -0.05) is 6.42 Å². The van der Waals surface area contributed by atoms with E-state index in [1.165, 1.54) is 19.3 Å². The van der Waals surface area contributed by atoms with Gasteiger partial charge in [-0.2, -0.15) is 0 Å². The Balaban J connectivity index is 1.60. The minimum atomic E-state index is 0.0527. The summed E-state index contributed by atoms with van der Waals surface area (Å²) in [4.78, 5) is 11.0. The highest BCUT2D eigenvalue weighted by atomic mass is 16.5. The lowest BCUT2D eigenvalue weighted by molar-refractivity contribution is -0.147. The molecule has 2 aliphatic carbocycles. The fourth-order valence-electron chi connectivity index (χ4n) is 1.30. The molecule has 2 heteroatoms. The molecule has 11 heavy (non-hydrogen) atoms. The Morgan fingerprint density at radius 1 is 1.27 bits per heavy atom. The van der Waals surface area contributed by atoms with Crippen LogP contribution in [0.1, 0.15) is 32.1 Å². The number of carbonyl (C=O) groups excluding carboxylic acids is 1. The van der Waals surface area contributed by atoms with Gasteiger partial charge < -0.3 is 4.74 Å². The van der Waals surface area contributed by atoms with Crippen LogP contribution in [-0.2, 0) is 9.53 Å². The molecular formula is C9H14O2. The second-order valence-electron chi connectivity index (χ2n) is 3.70. The van der Waals surface area contributed by atoms with Crippen molar-refractivity contribution < 1.29 is 9.53 Å². The molecule has 0 radical (unpaired) electrons. The standard InChI is InChI=1S/C9H14O2/c10-9(8-4-5-8)11-6-7-2-1-3-7/h7-8H,1-6H2. The van der Waals surface area contributed by atoms with E-state index in [0.717, 1.165) is 12.8 Å². The topological polar surface area (TPSA) is 26.3 Å². The van der Waals surface area contributed by atoms with Crippen LogP contribution in [-0.4, -0.2) is 12.6 Å². The molecule has 0 aromatic heterocycles. The number of esters is 1. The van der Waals surface area contributed by atoms with Crippen molar-refractivity contribution in [2.24, 2.45) is 11.8 Å². The molecular weight excluding hydrogens is 140 g/mol. The highest BCUT2D eigenvalue weighted by Gasteiger charge is 2.32. The number of hydrogen-bond acceptors (Lipinski definition) is 2. The van der Waals surface area contributed by atoms with E-state index in [1.807, 2.05) is 0 Å². The van der Waals surface area contributed by atoms with Crippen LogP contribution < -0.4 is 0 Å². The molecule has 62 valence electrons. The summed E-state index contributed by atoms with van der Waals surface area (Å²) in [6.07, 6.45) is 5.97. The predicted octanol–water partition coefficient (Wildman–Crippen LogP) is 1.74. The first-order valence-electron chi connectivity index (χ1n) is 4.53. The van der Waals surface area contributed by atoms with Crippen LogP contribution in [0, 0.1) is 11.8 Å². The Kier molecular flexibility index (Phi) is 1.84. The van der Waals surface area contributed by atoms with Crippen LogP contribution in [0.15, 0.2) is 0 Å². The van der Waals surface area contributed by atoms with Crippen LogP contribution >= 0.6 is 0 Å². The molecule has 2 aliphatic rings. The summed E-state index contributed by atoms with van der Waals surface area (Å²) < 4.78 is 5.13. The lowest BCUT2D eigenvalue weighted by atomic mass is 9.86. The normalized spacial score (nSPS) is 24.4. The van der Waals surface area contributed by atoms with Crippen molar-refractivity contribution in [3.63, 3.8) is 0 Å². The Morgan fingerprint density at radius 2 is 2.00 bits per heavy atom. The van der Waals surface area contributed by atoms with Gasteiger partial charge >= 0.3 is 5.97 Å². The van der Waals surface area contributed by atoms with Gasteiger partial charge in [-0.25, -0.2) is 0 Å². The summed E-state index contributed by atoms with van der Waals surface area (Å²) in [6.45, 7) is 0.690. The third-order valence-electron chi connectivity index (χ3n) is 2.60. The van der Waals surface area contributed by atoms with E-state index in [9.17, 15) is 4.79 Å². The van der Waals surface area contributed by atoms with E-state index in [-0.39, 0.29) is 11.9 Å². The summed E-state index contributed by atoms with van der Waals surface area (Å²) >= 11 is 0. The minimum Gasteiger partial charge on any atom is -0.465 e. The van der Waals surface area contributed by atoms with Gasteiger partial charge in [0.2, 0.25) is 0 Å². The Bertz CT molecular complexity index is 157. The largest absolute Gasteiger partial charge is 0.465 e. The average molecular weight is 154 g/mol. The zero-order valence-electron chi connectivity index (χ0n) is 6.71. The summed E-state index contributed by atoms with van der Waals surface area (Å²) in [5.41, 5.74) is 0. The van der Waals surface area contributed by atoms with Gasteiger partial charge in [0.05, 0.1) is 12.5 Å². The summed E-state index contributed by atoms with van der Waals surface area (Å²) in [5, 5.41) is 0.